The maximum atomic E-state index is 12.4. The molecule has 1 amide bonds. The highest BCUT2D eigenvalue weighted by Crippen LogP contribution is 2.34. The first-order valence-electron chi connectivity index (χ1n) is 9.71. The minimum atomic E-state index is 0.0285. The van der Waals surface area contributed by atoms with Gasteiger partial charge in [-0.3, -0.25) is 9.69 Å². The van der Waals surface area contributed by atoms with Crippen molar-refractivity contribution in [3.63, 3.8) is 0 Å². The van der Waals surface area contributed by atoms with Crippen LogP contribution in [0.3, 0.4) is 0 Å². The zero-order chi connectivity index (χ0) is 19.5. The van der Waals surface area contributed by atoms with Crippen molar-refractivity contribution in [2.24, 2.45) is 0 Å². The molecule has 0 aliphatic carbocycles. The molecule has 0 saturated carbocycles. The summed E-state index contributed by atoms with van der Waals surface area (Å²) in [5, 5.41) is 5.03. The molecule has 1 aromatic heterocycles. The van der Waals surface area contributed by atoms with Gasteiger partial charge in [-0.15, -0.1) is 11.3 Å². The molecule has 4 rings (SSSR count). The van der Waals surface area contributed by atoms with Crippen LogP contribution in [0, 0.1) is 0 Å². The van der Waals surface area contributed by atoms with Crippen molar-refractivity contribution < 1.29 is 4.79 Å². The molecule has 0 radical (unpaired) electrons. The number of amides is 1. The average Bonchev–Trinajstić information content (AvgIpc) is 3.12. The molecule has 0 spiro atoms. The van der Waals surface area contributed by atoms with Crippen molar-refractivity contribution in [3.05, 3.63) is 64.1 Å². The summed E-state index contributed by atoms with van der Waals surface area (Å²) in [6, 6.07) is 16.0. The van der Waals surface area contributed by atoms with Gasteiger partial charge < -0.3 is 5.32 Å². The van der Waals surface area contributed by atoms with Gasteiger partial charge in [0.25, 0.3) is 0 Å². The lowest BCUT2D eigenvalue weighted by Gasteiger charge is -2.30. The highest BCUT2D eigenvalue weighted by Gasteiger charge is 2.24. The number of piperidine rings is 1. The van der Waals surface area contributed by atoms with Gasteiger partial charge in [-0.1, -0.05) is 41.9 Å². The van der Waals surface area contributed by atoms with Crippen molar-refractivity contribution in [2.45, 2.75) is 31.7 Å². The second kappa shape index (κ2) is 8.60. The summed E-state index contributed by atoms with van der Waals surface area (Å²) in [5.74, 6) is 0.558. The molecular formula is C22H24ClN3OS. The van der Waals surface area contributed by atoms with Gasteiger partial charge in [-0.2, -0.15) is 0 Å². The molecule has 0 bridgehead atoms. The summed E-state index contributed by atoms with van der Waals surface area (Å²) >= 11 is 7.84. The van der Waals surface area contributed by atoms with Gasteiger partial charge in [0, 0.05) is 10.9 Å². The van der Waals surface area contributed by atoms with E-state index in [0.717, 1.165) is 42.0 Å². The van der Waals surface area contributed by atoms with Crippen molar-refractivity contribution in [2.75, 3.05) is 19.6 Å². The molecule has 1 aliphatic rings. The number of benzene rings is 2. The number of fused-ring (bicyclic) bond motifs is 1. The van der Waals surface area contributed by atoms with E-state index in [-0.39, 0.29) is 11.9 Å². The number of aromatic nitrogens is 1. The first kappa shape index (κ1) is 19.4. The smallest absolute Gasteiger partial charge is 0.234 e. The van der Waals surface area contributed by atoms with Crippen LogP contribution in [0.2, 0.25) is 5.02 Å². The Hall–Kier alpha value is -1.95. The van der Waals surface area contributed by atoms with Crippen molar-refractivity contribution in [1.29, 1.82) is 0 Å². The lowest BCUT2D eigenvalue weighted by Crippen LogP contribution is -2.41. The normalized spacial score (nSPS) is 16.9. The third-order valence-corrected chi connectivity index (χ3v) is 6.78. The molecule has 4 nitrogen and oxygen atoms in total. The Morgan fingerprint density at radius 3 is 2.75 bits per heavy atom. The fraction of sp³-hybridized carbons (Fsp3) is 0.364. The van der Waals surface area contributed by atoms with Crippen LogP contribution in [-0.2, 0) is 4.79 Å². The number of carbonyl (C=O) groups excluding carboxylic acids is 1. The SMILES string of the molecule is CC(NC(=O)CN1CCC(c2nc3cc(Cl)ccc3s2)CC1)c1ccccc1. The van der Waals surface area contributed by atoms with Crippen molar-refractivity contribution in [3.8, 4) is 0 Å². The fourth-order valence-corrected chi connectivity index (χ4v) is 5.03. The van der Waals surface area contributed by atoms with E-state index in [1.54, 1.807) is 11.3 Å². The van der Waals surface area contributed by atoms with Crippen molar-refractivity contribution >= 4 is 39.1 Å². The fourth-order valence-electron chi connectivity index (χ4n) is 3.75. The lowest BCUT2D eigenvalue weighted by molar-refractivity contribution is -0.123. The highest BCUT2D eigenvalue weighted by molar-refractivity contribution is 7.18. The quantitative estimate of drug-likeness (QED) is 0.639. The number of nitrogens with zero attached hydrogens (tertiary/aromatic N) is 2. The predicted octanol–water partition coefficient (Wildman–Crippen LogP) is 5.01. The molecular weight excluding hydrogens is 390 g/mol. The summed E-state index contributed by atoms with van der Waals surface area (Å²) < 4.78 is 1.19. The summed E-state index contributed by atoms with van der Waals surface area (Å²) in [6.45, 7) is 4.33. The monoisotopic (exact) mass is 413 g/mol. The summed E-state index contributed by atoms with van der Waals surface area (Å²) in [4.78, 5) is 19.5. The van der Waals surface area contributed by atoms with Crippen LogP contribution in [0.25, 0.3) is 10.2 Å². The third kappa shape index (κ3) is 4.54. The second-order valence-corrected chi connectivity index (χ2v) is 8.91. The Morgan fingerprint density at radius 1 is 1.25 bits per heavy atom. The number of halogens is 1. The van der Waals surface area contributed by atoms with E-state index in [2.05, 4.69) is 10.2 Å². The maximum absolute atomic E-state index is 12.4. The first-order valence-corrected chi connectivity index (χ1v) is 10.9. The zero-order valence-corrected chi connectivity index (χ0v) is 17.5. The highest BCUT2D eigenvalue weighted by atomic mass is 35.5. The van der Waals surface area contributed by atoms with Gasteiger partial charge in [0.2, 0.25) is 5.91 Å². The Bertz CT molecular complexity index is 951. The van der Waals surface area contributed by atoms with Crippen LogP contribution in [0.15, 0.2) is 48.5 Å². The molecule has 1 unspecified atom stereocenters. The van der Waals surface area contributed by atoms with Crippen LogP contribution in [-0.4, -0.2) is 35.4 Å². The van der Waals surface area contributed by atoms with E-state index in [9.17, 15) is 4.79 Å². The summed E-state index contributed by atoms with van der Waals surface area (Å²) in [7, 11) is 0. The second-order valence-electron chi connectivity index (χ2n) is 7.41. The summed E-state index contributed by atoms with van der Waals surface area (Å²) in [6.07, 6.45) is 2.07. The Balaban J connectivity index is 1.29. The molecule has 2 heterocycles. The van der Waals surface area contributed by atoms with Crippen LogP contribution in [0.5, 0.6) is 0 Å². The molecule has 1 N–H and O–H groups in total. The summed E-state index contributed by atoms with van der Waals surface area (Å²) in [5.41, 5.74) is 2.12. The van der Waals surface area contributed by atoms with Crippen LogP contribution >= 0.6 is 22.9 Å². The van der Waals surface area contributed by atoms with Crippen LogP contribution in [0.4, 0.5) is 0 Å². The van der Waals surface area contributed by atoms with Gasteiger partial charge in [-0.05, 0) is 56.6 Å². The molecule has 1 fully saturated rings. The topological polar surface area (TPSA) is 45.2 Å². The minimum absolute atomic E-state index is 0.0285. The molecule has 1 atom stereocenters. The molecule has 28 heavy (non-hydrogen) atoms. The molecule has 1 aliphatic heterocycles. The lowest BCUT2D eigenvalue weighted by atomic mass is 9.97. The van der Waals surface area contributed by atoms with Crippen LogP contribution < -0.4 is 5.32 Å². The maximum Gasteiger partial charge on any atom is 0.234 e. The average molecular weight is 414 g/mol. The number of hydrogen-bond donors (Lipinski definition) is 1. The zero-order valence-electron chi connectivity index (χ0n) is 15.9. The van der Waals surface area contributed by atoms with Gasteiger partial charge in [0.05, 0.1) is 27.8 Å². The number of nitrogens with one attached hydrogen (secondary N) is 1. The predicted molar refractivity (Wildman–Crippen MR) is 116 cm³/mol. The van der Waals surface area contributed by atoms with Crippen LogP contribution in [0.1, 0.15) is 42.3 Å². The van der Waals surface area contributed by atoms with Gasteiger partial charge in [-0.25, -0.2) is 4.98 Å². The van der Waals surface area contributed by atoms with Gasteiger partial charge in [0.1, 0.15) is 0 Å². The number of rotatable bonds is 5. The standard InChI is InChI=1S/C22H24ClN3OS/c1-15(16-5-3-2-4-6-16)24-21(27)14-26-11-9-17(10-12-26)22-25-19-13-18(23)7-8-20(19)28-22/h2-8,13,15,17H,9-12,14H2,1H3,(H,24,27). The van der Waals surface area contributed by atoms with E-state index in [0.29, 0.717) is 12.5 Å². The molecule has 6 heteroatoms. The molecule has 1 saturated heterocycles. The first-order chi connectivity index (χ1) is 13.6. The number of carbonyl (C=O) groups is 1. The Labute approximate surface area is 174 Å². The molecule has 3 aromatic rings. The van der Waals surface area contributed by atoms with E-state index in [1.165, 1.54) is 9.71 Å². The Morgan fingerprint density at radius 2 is 2.00 bits per heavy atom. The van der Waals surface area contributed by atoms with Gasteiger partial charge >= 0.3 is 0 Å². The molecule has 146 valence electrons. The van der Waals surface area contributed by atoms with E-state index in [4.69, 9.17) is 16.6 Å². The number of hydrogen-bond acceptors (Lipinski definition) is 4. The van der Waals surface area contributed by atoms with E-state index < -0.39 is 0 Å². The van der Waals surface area contributed by atoms with Gasteiger partial charge in [0.15, 0.2) is 0 Å². The Kier molecular flexibility index (Phi) is 5.95. The van der Waals surface area contributed by atoms with Crippen molar-refractivity contribution in [1.82, 2.24) is 15.2 Å². The van der Waals surface area contributed by atoms with E-state index >= 15 is 0 Å². The number of thiazole rings is 1. The van der Waals surface area contributed by atoms with E-state index in [1.807, 2.05) is 55.5 Å². The third-order valence-electron chi connectivity index (χ3n) is 5.35. The largest absolute Gasteiger partial charge is 0.348 e. The minimum Gasteiger partial charge on any atom is -0.348 e. The number of likely N-dealkylation sites (tertiary alicyclic amines) is 1. The molecule has 2 aromatic carbocycles.